The van der Waals surface area contributed by atoms with Gasteiger partial charge in [-0.05, 0) is 30.3 Å². The number of pyridine rings is 1. The van der Waals surface area contributed by atoms with Crippen molar-refractivity contribution in [2.24, 2.45) is 0 Å². The molecule has 0 radical (unpaired) electrons. The Morgan fingerprint density at radius 2 is 2.17 bits per heavy atom. The number of nitrogens with zero attached hydrogens (tertiary/aromatic N) is 1. The third-order valence-electron chi connectivity index (χ3n) is 2.33. The van der Waals surface area contributed by atoms with Crippen LogP contribution in [-0.2, 0) is 6.61 Å². The zero-order valence-corrected chi connectivity index (χ0v) is 10.5. The van der Waals surface area contributed by atoms with E-state index in [2.05, 4.69) is 10.3 Å². The maximum Gasteiger partial charge on any atom is 0.138 e. The molecule has 18 heavy (non-hydrogen) atoms. The summed E-state index contributed by atoms with van der Waals surface area (Å²) in [6.45, 7) is 0.279. The van der Waals surface area contributed by atoms with Gasteiger partial charge in [0.25, 0.3) is 0 Å². The van der Waals surface area contributed by atoms with Crippen molar-refractivity contribution in [3.63, 3.8) is 0 Å². The van der Waals surface area contributed by atoms with Crippen molar-refractivity contribution in [3.8, 4) is 5.75 Å². The van der Waals surface area contributed by atoms with Gasteiger partial charge in [-0.2, -0.15) is 0 Å². The maximum absolute atomic E-state index is 12.8. The molecule has 0 amide bonds. The Labute approximate surface area is 110 Å². The van der Waals surface area contributed by atoms with Crippen molar-refractivity contribution in [3.05, 3.63) is 52.9 Å². The Morgan fingerprint density at radius 3 is 2.89 bits per heavy atom. The van der Waals surface area contributed by atoms with Gasteiger partial charge >= 0.3 is 0 Å². The molecule has 0 fully saturated rings. The average Bonchev–Trinajstić information content (AvgIpc) is 2.38. The Morgan fingerprint density at radius 1 is 1.33 bits per heavy atom. The molecule has 1 aromatic carbocycles. The highest BCUT2D eigenvalue weighted by molar-refractivity contribution is 6.32. The van der Waals surface area contributed by atoms with Gasteiger partial charge in [0.15, 0.2) is 0 Å². The van der Waals surface area contributed by atoms with Crippen LogP contribution in [0.5, 0.6) is 5.75 Å². The summed E-state index contributed by atoms with van der Waals surface area (Å²) in [6, 6.07) is 9.60. The normalized spacial score (nSPS) is 10.2. The van der Waals surface area contributed by atoms with Crippen LogP contribution in [-0.4, -0.2) is 12.0 Å². The molecule has 0 spiro atoms. The molecule has 0 atom stereocenters. The van der Waals surface area contributed by atoms with E-state index in [1.54, 1.807) is 7.05 Å². The van der Waals surface area contributed by atoms with Gasteiger partial charge in [0.1, 0.15) is 24.0 Å². The first-order chi connectivity index (χ1) is 8.69. The molecular weight excluding hydrogens is 255 g/mol. The topological polar surface area (TPSA) is 34.1 Å². The molecule has 3 nitrogen and oxygen atoms in total. The molecule has 1 heterocycles. The fourth-order valence-electron chi connectivity index (χ4n) is 1.44. The number of hydrogen-bond donors (Lipinski definition) is 1. The number of halogens is 2. The highest BCUT2D eigenvalue weighted by atomic mass is 35.5. The van der Waals surface area contributed by atoms with E-state index in [1.807, 2.05) is 18.2 Å². The minimum absolute atomic E-state index is 0.250. The zero-order chi connectivity index (χ0) is 13.0. The van der Waals surface area contributed by atoms with Gasteiger partial charge in [-0.25, -0.2) is 9.37 Å². The van der Waals surface area contributed by atoms with E-state index in [1.165, 1.54) is 18.2 Å². The molecule has 2 aromatic rings. The Hall–Kier alpha value is -1.81. The SMILES string of the molecule is CNc1cccc(COc2ccc(F)cc2Cl)n1. The van der Waals surface area contributed by atoms with E-state index in [0.29, 0.717) is 5.75 Å². The summed E-state index contributed by atoms with van der Waals surface area (Å²) in [7, 11) is 1.80. The first-order valence-electron chi connectivity index (χ1n) is 5.40. The van der Waals surface area contributed by atoms with Crippen LogP contribution in [0.2, 0.25) is 5.02 Å². The van der Waals surface area contributed by atoms with E-state index >= 15 is 0 Å². The molecule has 2 rings (SSSR count). The largest absolute Gasteiger partial charge is 0.486 e. The van der Waals surface area contributed by atoms with E-state index < -0.39 is 0 Å². The minimum atomic E-state index is -0.386. The lowest BCUT2D eigenvalue weighted by Crippen LogP contribution is -2.01. The van der Waals surface area contributed by atoms with Crippen molar-refractivity contribution in [1.29, 1.82) is 0 Å². The summed E-state index contributed by atoms with van der Waals surface area (Å²) in [6.07, 6.45) is 0. The molecule has 0 aliphatic carbocycles. The Bertz CT molecular complexity index is 548. The molecule has 0 aliphatic rings. The van der Waals surface area contributed by atoms with E-state index in [0.717, 1.165) is 11.5 Å². The molecule has 0 saturated carbocycles. The van der Waals surface area contributed by atoms with Gasteiger partial charge in [0, 0.05) is 7.05 Å². The quantitative estimate of drug-likeness (QED) is 0.920. The van der Waals surface area contributed by atoms with Crippen LogP contribution in [0.15, 0.2) is 36.4 Å². The molecule has 0 bridgehead atoms. The Balaban J connectivity index is 2.06. The second-order valence-electron chi connectivity index (χ2n) is 3.63. The van der Waals surface area contributed by atoms with Crippen LogP contribution in [0.4, 0.5) is 10.2 Å². The fourth-order valence-corrected chi connectivity index (χ4v) is 1.66. The summed E-state index contributed by atoms with van der Waals surface area (Å²) in [5, 5.41) is 3.19. The highest BCUT2D eigenvalue weighted by Gasteiger charge is 2.04. The second kappa shape index (κ2) is 5.69. The van der Waals surface area contributed by atoms with Crippen LogP contribution in [0.1, 0.15) is 5.69 Å². The lowest BCUT2D eigenvalue weighted by Gasteiger charge is -2.08. The number of nitrogens with one attached hydrogen (secondary N) is 1. The van der Waals surface area contributed by atoms with E-state index in [9.17, 15) is 4.39 Å². The van der Waals surface area contributed by atoms with Gasteiger partial charge in [-0.15, -0.1) is 0 Å². The lowest BCUT2D eigenvalue weighted by molar-refractivity contribution is 0.301. The molecule has 0 saturated heterocycles. The number of benzene rings is 1. The first kappa shape index (κ1) is 12.6. The van der Waals surface area contributed by atoms with Crippen LogP contribution < -0.4 is 10.1 Å². The summed E-state index contributed by atoms with van der Waals surface area (Å²) in [5.41, 5.74) is 0.766. The lowest BCUT2D eigenvalue weighted by atomic mass is 10.3. The first-order valence-corrected chi connectivity index (χ1v) is 5.78. The zero-order valence-electron chi connectivity index (χ0n) is 9.78. The highest BCUT2D eigenvalue weighted by Crippen LogP contribution is 2.25. The van der Waals surface area contributed by atoms with Crippen molar-refractivity contribution in [2.45, 2.75) is 6.61 Å². The third-order valence-corrected chi connectivity index (χ3v) is 2.63. The van der Waals surface area contributed by atoms with Gasteiger partial charge < -0.3 is 10.1 Å². The van der Waals surface area contributed by atoms with Crippen molar-refractivity contribution in [1.82, 2.24) is 4.98 Å². The molecule has 0 aliphatic heterocycles. The average molecular weight is 267 g/mol. The molecule has 1 N–H and O–H groups in total. The van der Waals surface area contributed by atoms with Gasteiger partial charge in [0.2, 0.25) is 0 Å². The number of anilines is 1. The van der Waals surface area contributed by atoms with Crippen LogP contribution >= 0.6 is 11.6 Å². The Kier molecular flexibility index (Phi) is 3.99. The summed E-state index contributed by atoms with van der Waals surface area (Å²) in [4.78, 5) is 4.30. The molecule has 1 aromatic heterocycles. The predicted octanol–water partition coefficient (Wildman–Crippen LogP) is 3.49. The summed E-state index contributed by atoms with van der Waals surface area (Å²) in [5.74, 6) is 0.818. The van der Waals surface area contributed by atoms with Crippen LogP contribution in [0.25, 0.3) is 0 Å². The van der Waals surface area contributed by atoms with Crippen LogP contribution in [0, 0.1) is 5.82 Å². The minimum Gasteiger partial charge on any atom is -0.486 e. The number of aromatic nitrogens is 1. The maximum atomic E-state index is 12.8. The number of rotatable bonds is 4. The summed E-state index contributed by atoms with van der Waals surface area (Å²) >= 11 is 5.86. The van der Waals surface area contributed by atoms with Gasteiger partial charge in [0.05, 0.1) is 10.7 Å². The van der Waals surface area contributed by atoms with Crippen LogP contribution in [0.3, 0.4) is 0 Å². The standard InChI is InChI=1S/C13H12ClFN2O/c1-16-13-4-2-3-10(17-13)8-18-12-6-5-9(15)7-11(12)14/h2-7H,8H2,1H3,(H,16,17). The molecule has 0 unspecified atom stereocenters. The monoisotopic (exact) mass is 266 g/mol. The number of ether oxygens (including phenoxy) is 1. The molecule has 5 heteroatoms. The molecular formula is C13H12ClFN2O. The smallest absolute Gasteiger partial charge is 0.138 e. The number of hydrogen-bond acceptors (Lipinski definition) is 3. The van der Waals surface area contributed by atoms with E-state index in [4.69, 9.17) is 16.3 Å². The third kappa shape index (κ3) is 3.11. The van der Waals surface area contributed by atoms with Crippen molar-refractivity contribution >= 4 is 17.4 Å². The van der Waals surface area contributed by atoms with Crippen molar-refractivity contribution < 1.29 is 9.13 Å². The van der Waals surface area contributed by atoms with Gasteiger partial charge in [-0.1, -0.05) is 17.7 Å². The van der Waals surface area contributed by atoms with E-state index in [-0.39, 0.29) is 17.4 Å². The van der Waals surface area contributed by atoms with Gasteiger partial charge in [-0.3, -0.25) is 0 Å². The fraction of sp³-hybridized carbons (Fsp3) is 0.154. The molecule has 94 valence electrons. The van der Waals surface area contributed by atoms with Crippen molar-refractivity contribution in [2.75, 3.05) is 12.4 Å². The summed E-state index contributed by atoms with van der Waals surface area (Å²) < 4.78 is 18.3. The predicted molar refractivity (Wildman–Crippen MR) is 69.5 cm³/mol. The second-order valence-corrected chi connectivity index (χ2v) is 4.03.